The number of carbonyl (C=O) groups excluding carboxylic acids is 2. The van der Waals surface area contributed by atoms with Crippen LogP contribution in [0.2, 0.25) is 0 Å². The third-order valence-corrected chi connectivity index (χ3v) is 9.04. The summed E-state index contributed by atoms with van der Waals surface area (Å²) in [7, 11) is 3.43. The zero-order valence-electron chi connectivity index (χ0n) is 25.1. The molecule has 2 aromatic heterocycles. The lowest BCUT2D eigenvalue weighted by molar-refractivity contribution is -0.142. The molecule has 2 saturated heterocycles. The van der Waals surface area contributed by atoms with Crippen molar-refractivity contribution in [1.82, 2.24) is 30.2 Å². The highest BCUT2D eigenvalue weighted by Crippen LogP contribution is 2.37. The summed E-state index contributed by atoms with van der Waals surface area (Å²) in [5, 5.41) is 11.4. The number of rotatable bonds is 9. The average Bonchev–Trinajstić information content (AvgIpc) is 3.79. The number of hydrogen-bond donors (Lipinski definition) is 1. The smallest absolute Gasteiger partial charge is 0.433 e. The summed E-state index contributed by atoms with van der Waals surface area (Å²) in [6.07, 6.45) is -1.29. The van der Waals surface area contributed by atoms with E-state index in [2.05, 4.69) is 20.6 Å². The van der Waals surface area contributed by atoms with Crippen molar-refractivity contribution in [1.29, 1.82) is 0 Å². The molecule has 4 aromatic rings. The largest absolute Gasteiger partial charge is 0.497 e. The maximum Gasteiger partial charge on any atom is 0.433 e. The van der Waals surface area contributed by atoms with Crippen LogP contribution in [0.15, 0.2) is 60.8 Å². The van der Waals surface area contributed by atoms with Crippen molar-refractivity contribution in [3.63, 3.8) is 0 Å². The predicted octanol–water partition coefficient (Wildman–Crippen LogP) is 4.50. The van der Waals surface area contributed by atoms with E-state index in [1.807, 2.05) is 49.5 Å². The molecule has 236 valence electrons. The number of amides is 1. The quantitative estimate of drug-likeness (QED) is 0.294. The van der Waals surface area contributed by atoms with Crippen molar-refractivity contribution in [2.45, 2.75) is 56.3 Å². The van der Waals surface area contributed by atoms with Crippen LogP contribution in [0.4, 0.5) is 13.2 Å². The summed E-state index contributed by atoms with van der Waals surface area (Å²) >= 11 is 0. The van der Waals surface area contributed by atoms with Gasteiger partial charge < -0.3 is 15.0 Å². The molecule has 4 atom stereocenters. The van der Waals surface area contributed by atoms with Gasteiger partial charge in [-0.3, -0.25) is 14.6 Å². The molecule has 2 fully saturated rings. The third kappa shape index (κ3) is 6.56. The molecular weight excluding hydrogens is 585 g/mol. The van der Waals surface area contributed by atoms with Crippen molar-refractivity contribution in [2.75, 3.05) is 20.2 Å². The van der Waals surface area contributed by atoms with Gasteiger partial charge in [-0.15, -0.1) is 5.10 Å². The second kappa shape index (κ2) is 12.6. The fourth-order valence-electron chi connectivity index (χ4n) is 6.74. The summed E-state index contributed by atoms with van der Waals surface area (Å²) in [6, 6.07) is 15.2. The van der Waals surface area contributed by atoms with Gasteiger partial charge in [0.25, 0.3) is 0 Å². The number of halogens is 3. The zero-order valence-corrected chi connectivity index (χ0v) is 25.1. The molecule has 9 nitrogen and oxygen atoms in total. The molecule has 0 saturated carbocycles. The number of hydrogen-bond acceptors (Lipinski definition) is 7. The third-order valence-electron chi connectivity index (χ3n) is 9.04. The van der Waals surface area contributed by atoms with E-state index in [0.717, 1.165) is 34.1 Å². The standard InChI is InChI=1S/C33H35F3N6O3/c1-41-28-11-7-21(15-26(28)39-40-41)8-12-30(43)29-16-22(14-20-5-9-24(45-2)10-6-20)19-42(29)32(44)27-17-23(18-38-27)25-4-3-13-37-31(25)33(34,35)36/h3-7,9-11,13,15,22-23,27,29,38H,8,12,14,16-19H2,1-2H3/t22-,23?,27-,29+/m1/s1. The summed E-state index contributed by atoms with van der Waals surface area (Å²) < 4.78 is 48.0. The van der Waals surface area contributed by atoms with Gasteiger partial charge >= 0.3 is 6.18 Å². The number of aromatic nitrogens is 4. The summed E-state index contributed by atoms with van der Waals surface area (Å²) in [5.74, 6) is 0.0121. The van der Waals surface area contributed by atoms with Crippen LogP contribution in [0, 0.1) is 5.92 Å². The van der Waals surface area contributed by atoms with E-state index in [1.165, 1.54) is 12.1 Å². The fourth-order valence-corrected chi connectivity index (χ4v) is 6.74. The van der Waals surface area contributed by atoms with E-state index in [4.69, 9.17) is 4.74 Å². The molecule has 2 aromatic carbocycles. The number of aryl methyl sites for hydroxylation is 2. The number of pyridine rings is 1. The van der Waals surface area contributed by atoms with Crippen LogP contribution in [0.1, 0.15) is 47.6 Å². The topological polar surface area (TPSA) is 102 Å². The fraction of sp³-hybridized carbons (Fsp3) is 0.424. The number of likely N-dealkylation sites (tertiary alicyclic amines) is 1. The first-order valence-corrected chi connectivity index (χ1v) is 15.1. The molecule has 0 aliphatic carbocycles. The van der Waals surface area contributed by atoms with Gasteiger partial charge in [0.15, 0.2) is 5.78 Å². The van der Waals surface area contributed by atoms with Gasteiger partial charge in [0.05, 0.1) is 24.7 Å². The van der Waals surface area contributed by atoms with Crippen LogP contribution in [0.3, 0.4) is 0 Å². The molecular formula is C33H35F3N6O3. The number of nitrogens with zero attached hydrogens (tertiary/aromatic N) is 5. The molecule has 1 amide bonds. The van der Waals surface area contributed by atoms with E-state index in [1.54, 1.807) is 16.7 Å². The second-order valence-corrected chi connectivity index (χ2v) is 12.0. The van der Waals surface area contributed by atoms with E-state index in [0.29, 0.717) is 25.8 Å². The lowest BCUT2D eigenvalue weighted by Crippen LogP contribution is -2.48. The Labute approximate surface area is 258 Å². The Morgan fingerprint density at radius 2 is 1.84 bits per heavy atom. The van der Waals surface area contributed by atoms with Gasteiger partial charge in [-0.2, -0.15) is 13.2 Å². The predicted molar refractivity (Wildman–Crippen MR) is 161 cm³/mol. The maximum atomic E-state index is 14.0. The summed E-state index contributed by atoms with van der Waals surface area (Å²) in [4.78, 5) is 33.0. The van der Waals surface area contributed by atoms with Crippen LogP contribution in [0.5, 0.6) is 5.75 Å². The molecule has 0 spiro atoms. The van der Waals surface area contributed by atoms with Crippen molar-refractivity contribution < 1.29 is 27.5 Å². The molecule has 12 heteroatoms. The van der Waals surface area contributed by atoms with E-state index in [9.17, 15) is 22.8 Å². The molecule has 0 radical (unpaired) electrons. The van der Waals surface area contributed by atoms with Crippen LogP contribution < -0.4 is 10.1 Å². The highest BCUT2D eigenvalue weighted by molar-refractivity contribution is 5.92. The minimum atomic E-state index is -4.59. The van der Waals surface area contributed by atoms with E-state index in [-0.39, 0.29) is 42.6 Å². The lowest BCUT2D eigenvalue weighted by Gasteiger charge is -2.27. The van der Waals surface area contributed by atoms with E-state index >= 15 is 0 Å². The molecule has 2 aliphatic rings. The number of carbonyl (C=O) groups is 2. The molecule has 2 aliphatic heterocycles. The Morgan fingerprint density at radius 1 is 1.07 bits per heavy atom. The van der Waals surface area contributed by atoms with Gasteiger partial charge in [-0.1, -0.05) is 29.5 Å². The van der Waals surface area contributed by atoms with Crippen molar-refractivity contribution in [3.8, 4) is 5.75 Å². The Hall–Kier alpha value is -4.32. The summed E-state index contributed by atoms with van der Waals surface area (Å²) in [5.41, 5.74) is 2.85. The number of ether oxygens (including phenoxy) is 1. The van der Waals surface area contributed by atoms with Crippen LogP contribution >= 0.6 is 0 Å². The minimum absolute atomic E-state index is 0.0269. The first kappa shape index (κ1) is 30.7. The van der Waals surface area contributed by atoms with Gasteiger partial charge in [0, 0.05) is 38.7 Å². The Kier molecular flexibility index (Phi) is 8.59. The van der Waals surface area contributed by atoms with Gasteiger partial charge in [0.1, 0.15) is 17.0 Å². The zero-order chi connectivity index (χ0) is 31.7. The highest BCUT2D eigenvalue weighted by Gasteiger charge is 2.44. The van der Waals surface area contributed by atoms with Gasteiger partial charge in [0.2, 0.25) is 5.91 Å². The van der Waals surface area contributed by atoms with Crippen molar-refractivity contribution >= 4 is 22.7 Å². The lowest BCUT2D eigenvalue weighted by atomic mass is 9.93. The molecule has 4 heterocycles. The molecule has 6 rings (SSSR count). The first-order chi connectivity index (χ1) is 21.6. The van der Waals surface area contributed by atoms with Crippen LogP contribution in [-0.2, 0) is 35.7 Å². The normalized spacial score (nSPS) is 21.8. The molecule has 1 unspecified atom stereocenters. The summed E-state index contributed by atoms with van der Waals surface area (Å²) in [6.45, 7) is 0.619. The Morgan fingerprint density at radius 3 is 2.60 bits per heavy atom. The minimum Gasteiger partial charge on any atom is -0.497 e. The Balaban J connectivity index is 1.18. The monoisotopic (exact) mass is 620 g/mol. The van der Waals surface area contributed by atoms with Crippen LogP contribution in [-0.4, -0.2) is 68.9 Å². The van der Waals surface area contributed by atoms with Gasteiger partial charge in [-0.25, -0.2) is 4.68 Å². The van der Waals surface area contributed by atoms with Crippen molar-refractivity contribution in [3.05, 3.63) is 83.2 Å². The van der Waals surface area contributed by atoms with Crippen LogP contribution in [0.25, 0.3) is 11.0 Å². The Bertz CT molecular complexity index is 1690. The number of methoxy groups -OCH3 is 1. The SMILES string of the molecule is COc1ccc(C[C@@H]2C[C@@H](C(=O)CCc3ccc4c(c3)nnn4C)N(C(=O)[C@H]3CC(c4cccnc4C(F)(F)F)CN3)C2)cc1. The highest BCUT2D eigenvalue weighted by atomic mass is 19.4. The number of nitrogens with one attached hydrogen (secondary N) is 1. The number of ketones is 1. The molecule has 1 N–H and O–H groups in total. The number of Topliss-reactive ketones (excluding diaryl/α,β-unsaturated/α-hetero) is 1. The van der Waals surface area contributed by atoms with Crippen molar-refractivity contribution in [2.24, 2.45) is 13.0 Å². The maximum absolute atomic E-state index is 14.0. The second-order valence-electron chi connectivity index (χ2n) is 12.0. The van der Waals surface area contributed by atoms with E-state index < -0.39 is 29.9 Å². The van der Waals surface area contributed by atoms with Gasteiger partial charge in [-0.05, 0) is 78.6 Å². The number of fused-ring (bicyclic) bond motifs is 1. The molecule has 45 heavy (non-hydrogen) atoms. The first-order valence-electron chi connectivity index (χ1n) is 15.1. The number of benzene rings is 2. The number of alkyl halides is 3. The average molecular weight is 621 g/mol. The molecule has 0 bridgehead atoms.